The summed E-state index contributed by atoms with van der Waals surface area (Å²) in [5.74, 6) is -0.234. The zero-order valence-corrected chi connectivity index (χ0v) is 14.2. The minimum Gasteiger partial charge on any atom is -0.287 e. The smallest absolute Gasteiger partial charge is 0.269 e. The maximum Gasteiger partial charge on any atom is 0.269 e. The summed E-state index contributed by atoms with van der Waals surface area (Å²) < 4.78 is 0. The number of benzene rings is 3. The molecule has 132 valence electrons. The van der Waals surface area contributed by atoms with E-state index >= 15 is 0 Å². The number of nitrogens with zero attached hydrogens (tertiary/aromatic N) is 3. The van der Waals surface area contributed by atoms with E-state index in [1.807, 2.05) is 24.3 Å². The monoisotopic (exact) mass is 357 g/mol. The maximum absolute atomic E-state index is 12.8. The lowest BCUT2D eigenvalue weighted by molar-refractivity contribution is -0.384. The molecule has 0 fully saturated rings. The van der Waals surface area contributed by atoms with Gasteiger partial charge in [-0.3, -0.25) is 14.9 Å². The first kappa shape index (κ1) is 17.9. The van der Waals surface area contributed by atoms with Gasteiger partial charge in [0.15, 0.2) is 0 Å². The van der Waals surface area contributed by atoms with Crippen molar-refractivity contribution in [2.45, 2.75) is 0 Å². The largest absolute Gasteiger partial charge is 0.287 e. The lowest BCUT2D eigenvalue weighted by Gasteiger charge is -2.04. The third-order valence-corrected chi connectivity index (χ3v) is 3.77. The van der Waals surface area contributed by atoms with Crippen LogP contribution in [0.5, 0.6) is 0 Å². The third-order valence-electron chi connectivity index (χ3n) is 3.77. The average Bonchev–Trinajstić information content (AvgIpc) is 2.72. The third kappa shape index (κ3) is 4.58. The Morgan fingerprint density at radius 2 is 1.37 bits per heavy atom. The molecule has 0 amide bonds. The maximum atomic E-state index is 12.8. The standard InChI is InChI=1S/C21H15N3O3/c25-21(18-9-5-2-6-10-18)20(17-7-3-1-4-8-17)23-22-15-16-11-13-19(14-12-16)24(26)27/h1-15H/b22-15+,23-20-. The van der Waals surface area contributed by atoms with E-state index in [0.717, 1.165) is 0 Å². The normalized spacial score (nSPS) is 11.5. The van der Waals surface area contributed by atoms with Crippen molar-refractivity contribution in [2.75, 3.05) is 0 Å². The molecule has 0 saturated heterocycles. The molecule has 0 unspecified atom stereocenters. The second-order valence-electron chi connectivity index (χ2n) is 5.60. The van der Waals surface area contributed by atoms with Gasteiger partial charge in [-0.05, 0) is 17.7 Å². The number of non-ortho nitro benzene ring substituents is 1. The van der Waals surface area contributed by atoms with Gasteiger partial charge in [-0.25, -0.2) is 0 Å². The molecule has 0 aromatic heterocycles. The summed E-state index contributed by atoms with van der Waals surface area (Å²) in [5.41, 5.74) is 2.04. The van der Waals surface area contributed by atoms with Crippen LogP contribution in [0, 0.1) is 10.1 Å². The first-order valence-corrected chi connectivity index (χ1v) is 8.16. The van der Waals surface area contributed by atoms with Gasteiger partial charge in [0, 0.05) is 23.3 Å². The molecule has 3 rings (SSSR count). The van der Waals surface area contributed by atoms with Crippen LogP contribution < -0.4 is 0 Å². The molecule has 0 heterocycles. The highest BCUT2D eigenvalue weighted by molar-refractivity contribution is 6.51. The number of carbonyl (C=O) groups is 1. The second kappa shape index (κ2) is 8.44. The van der Waals surface area contributed by atoms with Crippen molar-refractivity contribution in [2.24, 2.45) is 10.2 Å². The van der Waals surface area contributed by atoms with Crippen LogP contribution in [0.3, 0.4) is 0 Å². The van der Waals surface area contributed by atoms with Gasteiger partial charge in [0.05, 0.1) is 11.1 Å². The number of hydrogen-bond acceptors (Lipinski definition) is 5. The number of carbonyl (C=O) groups excluding carboxylic acids is 1. The topological polar surface area (TPSA) is 84.9 Å². The van der Waals surface area contributed by atoms with Gasteiger partial charge in [-0.15, -0.1) is 5.10 Å². The molecule has 0 N–H and O–H groups in total. The van der Waals surface area contributed by atoms with Crippen molar-refractivity contribution in [3.63, 3.8) is 0 Å². The molecular weight excluding hydrogens is 342 g/mol. The van der Waals surface area contributed by atoms with Crippen molar-refractivity contribution in [3.8, 4) is 0 Å². The van der Waals surface area contributed by atoms with Crippen molar-refractivity contribution in [3.05, 3.63) is 112 Å². The fourth-order valence-corrected chi connectivity index (χ4v) is 2.39. The molecule has 3 aromatic rings. The molecule has 6 heteroatoms. The average molecular weight is 357 g/mol. The molecule has 0 bridgehead atoms. The van der Waals surface area contributed by atoms with Crippen LogP contribution in [0.1, 0.15) is 21.5 Å². The summed E-state index contributed by atoms with van der Waals surface area (Å²) in [6.07, 6.45) is 1.45. The molecule has 0 aliphatic rings. The van der Waals surface area contributed by atoms with E-state index in [-0.39, 0.29) is 17.2 Å². The molecular formula is C21H15N3O3. The highest BCUT2D eigenvalue weighted by Crippen LogP contribution is 2.12. The van der Waals surface area contributed by atoms with Crippen LogP contribution >= 0.6 is 0 Å². The van der Waals surface area contributed by atoms with Gasteiger partial charge >= 0.3 is 0 Å². The first-order chi connectivity index (χ1) is 13.1. The number of Topliss-reactive ketones (excluding diaryl/α,β-unsaturated/α-hetero) is 1. The van der Waals surface area contributed by atoms with Crippen LogP contribution in [-0.2, 0) is 0 Å². The van der Waals surface area contributed by atoms with E-state index in [0.29, 0.717) is 16.7 Å². The first-order valence-electron chi connectivity index (χ1n) is 8.16. The second-order valence-corrected chi connectivity index (χ2v) is 5.60. The van der Waals surface area contributed by atoms with Crippen LogP contribution in [0.15, 0.2) is 95.1 Å². The van der Waals surface area contributed by atoms with Gasteiger partial charge in [-0.1, -0.05) is 60.7 Å². The molecule has 0 saturated carbocycles. The fourth-order valence-electron chi connectivity index (χ4n) is 2.39. The minimum atomic E-state index is -0.467. The van der Waals surface area contributed by atoms with E-state index in [1.165, 1.54) is 18.3 Å². The summed E-state index contributed by atoms with van der Waals surface area (Å²) in [4.78, 5) is 23.1. The van der Waals surface area contributed by atoms with Crippen LogP contribution in [-0.4, -0.2) is 22.6 Å². The Morgan fingerprint density at radius 3 is 1.93 bits per heavy atom. The summed E-state index contributed by atoms with van der Waals surface area (Å²) >= 11 is 0. The van der Waals surface area contributed by atoms with Gasteiger partial charge in [0.25, 0.3) is 5.69 Å². The Bertz CT molecular complexity index is 996. The summed E-state index contributed by atoms with van der Waals surface area (Å²) in [6, 6.07) is 23.9. The number of nitro groups is 1. The van der Waals surface area contributed by atoms with Gasteiger partial charge in [0.1, 0.15) is 5.71 Å². The number of nitro benzene ring substituents is 1. The van der Waals surface area contributed by atoms with Crippen molar-refractivity contribution >= 4 is 23.4 Å². The molecule has 0 spiro atoms. The van der Waals surface area contributed by atoms with Crippen LogP contribution in [0.25, 0.3) is 0 Å². The van der Waals surface area contributed by atoms with E-state index in [4.69, 9.17) is 0 Å². The van der Waals surface area contributed by atoms with E-state index in [9.17, 15) is 14.9 Å². The van der Waals surface area contributed by atoms with Crippen LogP contribution in [0.4, 0.5) is 5.69 Å². The highest BCUT2D eigenvalue weighted by atomic mass is 16.6. The highest BCUT2D eigenvalue weighted by Gasteiger charge is 2.16. The fraction of sp³-hybridized carbons (Fsp3) is 0. The van der Waals surface area contributed by atoms with Gasteiger partial charge in [-0.2, -0.15) is 5.10 Å². The minimum absolute atomic E-state index is 0.000110. The Morgan fingerprint density at radius 1 is 0.815 bits per heavy atom. The number of hydrogen-bond donors (Lipinski definition) is 0. The van der Waals surface area contributed by atoms with Crippen molar-refractivity contribution in [1.82, 2.24) is 0 Å². The Labute approximate surface area is 155 Å². The van der Waals surface area contributed by atoms with Crippen molar-refractivity contribution in [1.29, 1.82) is 0 Å². The predicted molar refractivity (Wildman–Crippen MR) is 104 cm³/mol. The Kier molecular flexibility index (Phi) is 5.59. The summed E-state index contributed by atoms with van der Waals surface area (Å²) in [5, 5.41) is 18.8. The van der Waals surface area contributed by atoms with Crippen molar-refractivity contribution < 1.29 is 9.72 Å². The lowest BCUT2D eigenvalue weighted by Crippen LogP contribution is -2.15. The quantitative estimate of drug-likeness (QED) is 0.285. The zero-order valence-electron chi connectivity index (χ0n) is 14.2. The zero-order chi connectivity index (χ0) is 19.1. The summed E-state index contributed by atoms with van der Waals surface area (Å²) in [7, 11) is 0. The molecule has 6 nitrogen and oxygen atoms in total. The van der Waals surface area contributed by atoms with E-state index < -0.39 is 4.92 Å². The number of rotatable bonds is 6. The molecule has 3 aromatic carbocycles. The lowest BCUT2D eigenvalue weighted by atomic mass is 10.0. The molecule has 0 atom stereocenters. The molecule has 0 aliphatic heterocycles. The number of ketones is 1. The predicted octanol–water partition coefficient (Wildman–Crippen LogP) is 4.30. The van der Waals surface area contributed by atoms with Gasteiger partial charge < -0.3 is 0 Å². The van der Waals surface area contributed by atoms with Gasteiger partial charge in [0.2, 0.25) is 5.78 Å². The Balaban J connectivity index is 1.90. The Hall–Kier alpha value is -3.93. The van der Waals surface area contributed by atoms with Crippen LogP contribution in [0.2, 0.25) is 0 Å². The van der Waals surface area contributed by atoms with E-state index in [1.54, 1.807) is 48.5 Å². The molecule has 27 heavy (non-hydrogen) atoms. The van der Waals surface area contributed by atoms with E-state index in [2.05, 4.69) is 10.2 Å². The SMILES string of the molecule is O=C(/C(=N\N=C\c1ccc([N+](=O)[O-])cc1)c1ccccc1)c1ccccc1. The summed E-state index contributed by atoms with van der Waals surface area (Å²) in [6.45, 7) is 0. The molecule has 0 aliphatic carbocycles. The molecule has 0 radical (unpaired) electrons.